The molecule has 390 valence electrons. The third-order valence-corrected chi connectivity index (χ3v) is 17.5. The van der Waals surface area contributed by atoms with Crippen molar-refractivity contribution in [1.29, 1.82) is 0 Å². The molecule has 19 aromatic rings. The second-order valence-corrected chi connectivity index (χ2v) is 22.0. The van der Waals surface area contributed by atoms with Crippen LogP contribution in [-0.4, -0.2) is 37.8 Å². The molecule has 19 rings (SSSR count). The summed E-state index contributed by atoms with van der Waals surface area (Å²) in [6.07, 6.45) is 0. The van der Waals surface area contributed by atoms with E-state index in [4.69, 9.17) is 19.4 Å². The van der Waals surface area contributed by atoms with Gasteiger partial charge in [-0.1, -0.05) is 146 Å². The number of hydrogen-bond donors (Lipinski definition) is 0. The first-order valence-electron chi connectivity index (χ1n) is 28.4. The van der Waals surface area contributed by atoms with Crippen molar-refractivity contribution in [2.75, 3.05) is 0 Å². The number of furan rings is 1. The van der Waals surface area contributed by atoms with Gasteiger partial charge in [-0.05, 0) is 115 Å². The van der Waals surface area contributed by atoms with Gasteiger partial charge >= 0.3 is 0 Å². The minimum absolute atomic E-state index is 0.509. The van der Waals surface area contributed by atoms with Crippen LogP contribution >= 0.6 is 0 Å². The van der Waals surface area contributed by atoms with Gasteiger partial charge in [-0.15, -0.1) is 0 Å². The van der Waals surface area contributed by atoms with Gasteiger partial charge in [0.25, 0.3) is 0 Å². The van der Waals surface area contributed by atoms with E-state index in [2.05, 4.69) is 278 Å². The molecular weight excluding hydrogens is 1030 g/mol. The number of hydrogen-bond acceptors (Lipinski definition) is 4. The molecule has 0 unspecified atom stereocenters. The number of rotatable bonds is 6. The summed E-state index contributed by atoms with van der Waals surface area (Å²) in [5.41, 5.74) is 16.4. The molecule has 0 amide bonds. The van der Waals surface area contributed by atoms with Crippen molar-refractivity contribution in [1.82, 2.24) is 37.8 Å². The highest BCUT2D eigenvalue weighted by atomic mass is 16.3. The first-order chi connectivity index (χ1) is 41.7. The van der Waals surface area contributed by atoms with Crippen LogP contribution in [0.4, 0.5) is 0 Å². The molecule has 0 radical (unpaired) electrons. The highest BCUT2D eigenvalue weighted by Crippen LogP contribution is 2.44. The van der Waals surface area contributed by atoms with E-state index in [1.807, 2.05) is 12.1 Å². The molecule has 7 heterocycles. The average molecular weight is 1070 g/mol. The van der Waals surface area contributed by atoms with Crippen molar-refractivity contribution in [3.8, 4) is 40.3 Å². The molecule has 12 aromatic carbocycles. The molecule has 0 aliphatic rings. The molecule has 0 saturated carbocycles. The van der Waals surface area contributed by atoms with Crippen LogP contribution < -0.4 is 0 Å². The lowest BCUT2D eigenvalue weighted by Gasteiger charge is -2.14. The maximum atomic E-state index is 6.49. The lowest BCUT2D eigenvalue weighted by atomic mass is 10.1. The maximum absolute atomic E-state index is 6.49. The summed E-state index contributed by atoms with van der Waals surface area (Å²) in [5, 5.41) is 13.7. The van der Waals surface area contributed by atoms with Crippen molar-refractivity contribution in [3.63, 3.8) is 0 Å². The molecule has 84 heavy (non-hydrogen) atoms. The molecule has 0 aliphatic heterocycles. The Balaban J connectivity index is 0.885. The zero-order chi connectivity index (χ0) is 54.7. The number of aromatic nitrogens is 8. The third kappa shape index (κ3) is 6.29. The van der Waals surface area contributed by atoms with Gasteiger partial charge in [0.2, 0.25) is 11.9 Å². The maximum Gasteiger partial charge on any atom is 0.240 e. The summed E-state index contributed by atoms with van der Waals surface area (Å²) in [4.78, 5) is 16.9. The standard InChI is InChI=1S/C75H44N8O/c1-3-19-46(20-4-1)79-61-29-13-7-23-49(61)55-39-57-52-26-10-16-32-64(52)82(68(57)42-66(55)79)74-76-73(45-35-37-48(38-36-45)81-63-31-15-9-25-51(63)59-41-60-54-28-12-18-34-71(54)84-72(60)44-70(59)81)77-75(78-74)83-65-33-17-11-27-53(65)58-40-56-50-24-8-14-30-62(50)80(67(56)43-69(58)83)47-21-5-2-6-22-47/h1-44H. The first kappa shape index (κ1) is 45.2. The molecule has 0 bridgehead atoms. The largest absolute Gasteiger partial charge is 0.456 e. The van der Waals surface area contributed by atoms with E-state index in [1.54, 1.807) is 0 Å². The summed E-state index contributed by atoms with van der Waals surface area (Å²) in [7, 11) is 0. The van der Waals surface area contributed by atoms with E-state index in [9.17, 15) is 0 Å². The van der Waals surface area contributed by atoms with E-state index in [0.29, 0.717) is 17.7 Å². The van der Waals surface area contributed by atoms with Gasteiger partial charge in [0.05, 0.1) is 55.2 Å². The Labute approximate surface area is 478 Å². The SMILES string of the molecule is c1ccc(-n2c3ccccc3c3cc4c5ccccc5n(-c5nc(-c6ccc(-n7c8ccccc8c8cc9c(cc87)oc7ccccc79)cc6)nc(-n6c7ccccc7c7cc8c9ccccc9n(-c9ccccc9)c8cc76)n5)c4cc32)cc1. The molecule has 7 aromatic heterocycles. The van der Waals surface area contributed by atoms with Crippen LogP contribution in [0.5, 0.6) is 0 Å². The van der Waals surface area contributed by atoms with Crippen molar-refractivity contribution in [3.05, 3.63) is 267 Å². The van der Waals surface area contributed by atoms with Crippen LogP contribution in [0, 0.1) is 0 Å². The summed E-state index contributed by atoms with van der Waals surface area (Å²) < 4.78 is 18.1. The topological polar surface area (TPSA) is 76.5 Å². The Hall–Kier alpha value is -11.6. The fourth-order valence-electron chi connectivity index (χ4n) is 13.9. The predicted octanol–water partition coefficient (Wildman–Crippen LogP) is 18.9. The van der Waals surface area contributed by atoms with Gasteiger partial charge in [-0.2, -0.15) is 15.0 Å². The van der Waals surface area contributed by atoms with E-state index < -0.39 is 0 Å². The van der Waals surface area contributed by atoms with Crippen molar-refractivity contribution in [2.24, 2.45) is 0 Å². The Morgan fingerprint density at radius 2 is 0.548 bits per heavy atom. The van der Waals surface area contributed by atoms with E-state index >= 15 is 0 Å². The summed E-state index contributed by atoms with van der Waals surface area (Å²) >= 11 is 0. The van der Waals surface area contributed by atoms with Crippen LogP contribution in [0.1, 0.15) is 0 Å². The van der Waals surface area contributed by atoms with Crippen molar-refractivity contribution >= 4 is 131 Å². The minimum Gasteiger partial charge on any atom is -0.456 e. The summed E-state index contributed by atoms with van der Waals surface area (Å²) in [5.74, 6) is 1.56. The van der Waals surface area contributed by atoms with Crippen molar-refractivity contribution < 1.29 is 4.42 Å². The summed E-state index contributed by atoms with van der Waals surface area (Å²) in [6, 6.07) is 95.5. The van der Waals surface area contributed by atoms with Gasteiger partial charge in [0.1, 0.15) is 11.2 Å². The van der Waals surface area contributed by atoms with E-state index in [1.165, 1.54) is 32.3 Å². The van der Waals surface area contributed by atoms with E-state index in [-0.39, 0.29) is 0 Å². The van der Waals surface area contributed by atoms with Gasteiger partial charge in [0.15, 0.2) is 5.82 Å². The minimum atomic E-state index is 0.509. The van der Waals surface area contributed by atoms with Crippen LogP contribution in [0.15, 0.2) is 271 Å². The Morgan fingerprint density at radius 3 is 0.988 bits per heavy atom. The second-order valence-electron chi connectivity index (χ2n) is 22.0. The fourth-order valence-corrected chi connectivity index (χ4v) is 13.9. The summed E-state index contributed by atoms with van der Waals surface area (Å²) in [6.45, 7) is 0. The van der Waals surface area contributed by atoms with Gasteiger partial charge in [-0.3, -0.25) is 9.13 Å². The quantitative estimate of drug-likeness (QED) is 0.166. The van der Waals surface area contributed by atoms with Crippen molar-refractivity contribution in [2.45, 2.75) is 0 Å². The van der Waals surface area contributed by atoms with Crippen LogP contribution in [-0.2, 0) is 0 Å². The Kier molecular flexibility index (Phi) is 9.15. The fraction of sp³-hybridized carbons (Fsp3) is 0. The molecular formula is C75H44N8O. The average Bonchev–Trinajstić information content (AvgIpc) is 3.90. The van der Waals surface area contributed by atoms with E-state index in [0.717, 1.165) is 121 Å². The second kappa shape index (κ2) is 17.0. The monoisotopic (exact) mass is 1070 g/mol. The van der Waals surface area contributed by atoms with Gasteiger partial charge < -0.3 is 18.1 Å². The molecule has 0 spiro atoms. The lowest BCUT2D eigenvalue weighted by Crippen LogP contribution is -2.10. The molecule has 9 heteroatoms. The zero-order valence-electron chi connectivity index (χ0n) is 44.9. The zero-order valence-corrected chi connectivity index (χ0v) is 44.9. The smallest absolute Gasteiger partial charge is 0.240 e. The van der Waals surface area contributed by atoms with Gasteiger partial charge in [0, 0.05) is 93.3 Å². The normalized spacial score (nSPS) is 12.3. The lowest BCUT2D eigenvalue weighted by molar-refractivity contribution is 0.669. The first-order valence-corrected chi connectivity index (χ1v) is 28.4. The highest BCUT2D eigenvalue weighted by Gasteiger charge is 2.25. The molecule has 0 N–H and O–H groups in total. The van der Waals surface area contributed by atoms with Crippen LogP contribution in [0.3, 0.4) is 0 Å². The van der Waals surface area contributed by atoms with Crippen LogP contribution in [0.25, 0.3) is 171 Å². The molecule has 0 fully saturated rings. The molecule has 0 saturated heterocycles. The molecule has 0 atom stereocenters. The highest BCUT2D eigenvalue weighted by molar-refractivity contribution is 6.22. The number of fused-ring (bicyclic) bond motifs is 18. The Morgan fingerprint density at radius 1 is 0.214 bits per heavy atom. The number of para-hydroxylation sites is 8. The third-order valence-electron chi connectivity index (χ3n) is 17.5. The molecule has 9 nitrogen and oxygen atoms in total. The predicted molar refractivity (Wildman–Crippen MR) is 344 cm³/mol. The number of nitrogens with zero attached hydrogens (tertiary/aromatic N) is 8. The Bertz CT molecular complexity index is 5730. The number of benzene rings is 12. The van der Waals surface area contributed by atoms with Gasteiger partial charge in [-0.25, -0.2) is 0 Å². The van der Waals surface area contributed by atoms with Crippen LogP contribution in [0.2, 0.25) is 0 Å². The molecule has 0 aliphatic carbocycles.